The lowest BCUT2D eigenvalue weighted by atomic mass is 10.2. The summed E-state index contributed by atoms with van der Waals surface area (Å²) in [6.45, 7) is 0. The first-order chi connectivity index (χ1) is 7.50. The second-order valence-electron chi connectivity index (χ2n) is 3.09. The molecule has 0 radical (unpaired) electrons. The number of aromatic nitrogens is 2. The molecular weight excluding hydrogens is 217 g/mol. The van der Waals surface area contributed by atoms with Crippen LogP contribution in [0.25, 0.3) is 10.9 Å². The Balaban J connectivity index is 3.10. The van der Waals surface area contributed by atoms with Gasteiger partial charge in [0.05, 0.1) is 10.9 Å². The highest BCUT2D eigenvalue weighted by Gasteiger charge is 2.11. The van der Waals surface area contributed by atoms with Gasteiger partial charge in [-0.15, -0.1) is 0 Å². The Bertz CT molecular complexity index is 701. The van der Waals surface area contributed by atoms with Crippen LogP contribution in [0.3, 0.4) is 0 Å². The van der Waals surface area contributed by atoms with Crippen LogP contribution in [0.1, 0.15) is 0 Å². The van der Waals surface area contributed by atoms with Crippen molar-refractivity contribution in [2.75, 3.05) is 0 Å². The number of hydrogen-bond donors (Lipinski definition) is 2. The molecule has 0 aliphatic carbocycles. The molecule has 6 nitrogen and oxygen atoms in total. The van der Waals surface area contributed by atoms with E-state index in [1.807, 2.05) is 4.98 Å². The van der Waals surface area contributed by atoms with Crippen LogP contribution < -0.4 is 17.0 Å². The van der Waals surface area contributed by atoms with E-state index < -0.39 is 23.1 Å². The van der Waals surface area contributed by atoms with Crippen molar-refractivity contribution in [3.63, 3.8) is 0 Å². The molecule has 16 heavy (non-hydrogen) atoms. The van der Waals surface area contributed by atoms with Gasteiger partial charge < -0.3 is 5.73 Å². The molecule has 1 amide bonds. The molecule has 2 rings (SSSR count). The van der Waals surface area contributed by atoms with E-state index in [2.05, 4.69) is 0 Å². The number of amides is 1. The van der Waals surface area contributed by atoms with E-state index in [-0.39, 0.29) is 10.9 Å². The Morgan fingerprint density at radius 2 is 2.06 bits per heavy atom. The molecule has 1 aromatic heterocycles. The van der Waals surface area contributed by atoms with E-state index >= 15 is 0 Å². The number of fused-ring (bicyclic) bond motifs is 1. The fourth-order valence-electron chi connectivity index (χ4n) is 1.43. The summed E-state index contributed by atoms with van der Waals surface area (Å²) >= 11 is 0. The number of rotatable bonds is 0. The summed E-state index contributed by atoms with van der Waals surface area (Å²) in [5.74, 6) is -0.674. The number of nitrogens with two attached hydrogens (primary N) is 1. The molecule has 0 saturated heterocycles. The number of H-pyrrole nitrogens is 1. The number of benzene rings is 1. The summed E-state index contributed by atoms with van der Waals surface area (Å²) in [5.41, 5.74) is 3.12. The standard InChI is InChI=1S/C9H6FN3O3/c10-4-1-2-5-6(3-4)13(8(11)15)9(16)12-7(5)14/h1-3H,(H2,11,15)(H,12,14,16). The molecule has 0 aliphatic heterocycles. The average molecular weight is 223 g/mol. The van der Waals surface area contributed by atoms with Crippen LogP contribution in [0.15, 0.2) is 27.8 Å². The zero-order chi connectivity index (χ0) is 11.9. The molecular formula is C9H6FN3O3. The molecule has 0 saturated carbocycles. The number of nitrogens with zero attached hydrogens (tertiary/aromatic N) is 1. The topological polar surface area (TPSA) is 97.9 Å². The number of halogens is 1. The fourth-order valence-corrected chi connectivity index (χ4v) is 1.43. The van der Waals surface area contributed by atoms with Gasteiger partial charge in [0.25, 0.3) is 5.56 Å². The smallest absolute Gasteiger partial charge is 0.337 e. The third-order valence-electron chi connectivity index (χ3n) is 2.09. The van der Waals surface area contributed by atoms with Crippen molar-refractivity contribution in [1.82, 2.24) is 9.55 Å². The predicted molar refractivity (Wildman–Crippen MR) is 53.8 cm³/mol. The van der Waals surface area contributed by atoms with E-state index in [4.69, 9.17) is 5.73 Å². The van der Waals surface area contributed by atoms with E-state index in [0.29, 0.717) is 4.57 Å². The summed E-state index contributed by atoms with van der Waals surface area (Å²) in [5, 5.41) is 0.0137. The third-order valence-corrected chi connectivity index (χ3v) is 2.09. The van der Waals surface area contributed by atoms with E-state index in [1.165, 1.54) is 6.07 Å². The molecule has 7 heteroatoms. The number of carbonyl (C=O) groups is 1. The van der Waals surface area contributed by atoms with Crippen molar-refractivity contribution in [2.24, 2.45) is 5.73 Å². The quantitative estimate of drug-likeness (QED) is 0.644. The van der Waals surface area contributed by atoms with Crippen molar-refractivity contribution in [1.29, 1.82) is 0 Å². The molecule has 0 bridgehead atoms. The molecule has 1 heterocycles. The lowest BCUT2D eigenvalue weighted by Crippen LogP contribution is -2.37. The van der Waals surface area contributed by atoms with Gasteiger partial charge in [0.15, 0.2) is 0 Å². The normalized spacial score (nSPS) is 10.6. The monoisotopic (exact) mass is 223 g/mol. The first kappa shape index (κ1) is 10.1. The Morgan fingerprint density at radius 3 is 2.69 bits per heavy atom. The van der Waals surface area contributed by atoms with Crippen LogP contribution in [0, 0.1) is 5.82 Å². The number of aromatic amines is 1. The third kappa shape index (κ3) is 1.38. The van der Waals surface area contributed by atoms with Gasteiger partial charge >= 0.3 is 11.7 Å². The first-order valence-corrected chi connectivity index (χ1v) is 4.25. The molecule has 0 unspecified atom stereocenters. The van der Waals surface area contributed by atoms with Crippen molar-refractivity contribution in [2.45, 2.75) is 0 Å². The first-order valence-electron chi connectivity index (χ1n) is 4.25. The highest BCUT2D eigenvalue weighted by molar-refractivity contribution is 5.88. The van der Waals surface area contributed by atoms with Gasteiger partial charge in [-0.05, 0) is 18.2 Å². The van der Waals surface area contributed by atoms with Gasteiger partial charge in [0.2, 0.25) is 0 Å². The number of nitrogens with one attached hydrogen (secondary N) is 1. The SMILES string of the molecule is NC(=O)n1c(=O)[nH]c(=O)c2ccc(F)cc21. The van der Waals surface area contributed by atoms with Crippen LogP contribution in [0.2, 0.25) is 0 Å². The maximum absolute atomic E-state index is 13.0. The van der Waals surface area contributed by atoms with Gasteiger partial charge in [-0.2, -0.15) is 0 Å². The van der Waals surface area contributed by atoms with Gasteiger partial charge in [0, 0.05) is 0 Å². The maximum Gasteiger partial charge on any atom is 0.337 e. The molecule has 1 aromatic carbocycles. The lowest BCUT2D eigenvalue weighted by molar-refractivity contribution is 0.250. The van der Waals surface area contributed by atoms with Gasteiger partial charge in [-0.3, -0.25) is 9.78 Å². The molecule has 0 fully saturated rings. The summed E-state index contributed by atoms with van der Waals surface area (Å²) < 4.78 is 13.5. The van der Waals surface area contributed by atoms with Crippen molar-refractivity contribution >= 4 is 16.9 Å². The van der Waals surface area contributed by atoms with Gasteiger partial charge in [-0.1, -0.05) is 0 Å². The molecule has 0 atom stereocenters. The zero-order valence-corrected chi connectivity index (χ0v) is 7.86. The Kier molecular flexibility index (Phi) is 2.08. The highest BCUT2D eigenvalue weighted by Crippen LogP contribution is 2.09. The van der Waals surface area contributed by atoms with Crippen LogP contribution in [0.5, 0.6) is 0 Å². The van der Waals surface area contributed by atoms with Gasteiger partial charge in [0.1, 0.15) is 5.82 Å². The minimum absolute atomic E-state index is 0.0137. The average Bonchev–Trinajstić information content (AvgIpc) is 2.15. The van der Waals surface area contributed by atoms with Crippen LogP contribution in [-0.4, -0.2) is 15.6 Å². The molecule has 0 spiro atoms. The lowest BCUT2D eigenvalue weighted by Gasteiger charge is -2.04. The number of carbonyl (C=O) groups excluding carboxylic acids is 1. The van der Waals surface area contributed by atoms with E-state index in [9.17, 15) is 18.8 Å². The van der Waals surface area contributed by atoms with Crippen molar-refractivity contribution in [3.8, 4) is 0 Å². The summed E-state index contributed by atoms with van der Waals surface area (Å²) in [6.07, 6.45) is 0. The van der Waals surface area contributed by atoms with Crippen LogP contribution in [0.4, 0.5) is 9.18 Å². The molecule has 82 valence electrons. The largest absolute Gasteiger partial charge is 0.351 e. The molecule has 0 aliphatic rings. The maximum atomic E-state index is 13.0. The minimum atomic E-state index is -1.09. The summed E-state index contributed by atoms with van der Waals surface area (Å²) in [4.78, 5) is 35.5. The summed E-state index contributed by atoms with van der Waals surface area (Å²) in [7, 11) is 0. The Morgan fingerprint density at radius 1 is 1.38 bits per heavy atom. The fraction of sp³-hybridized carbons (Fsp3) is 0. The second kappa shape index (κ2) is 3.30. The van der Waals surface area contributed by atoms with Crippen LogP contribution >= 0.6 is 0 Å². The predicted octanol–water partition coefficient (Wildman–Crippen LogP) is -0.244. The minimum Gasteiger partial charge on any atom is -0.351 e. The van der Waals surface area contributed by atoms with Crippen molar-refractivity contribution in [3.05, 3.63) is 44.9 Å². The zero-order valence-electron chi connectivity index (χ0n) is 7.86. The molecule has 3 N–H and O–H groups in total. The van der Waals surface area contributed by atoms with Crippen LogP contribution in [-0.2, 0) is 0 Å². The Hall–Kier alpha value is -2.44. The second-order valence-corrected chi connectivity index (χ2v) is 3.09. The number of hydrogen-bond acceptors (Lipinski definition) is 3. The van der Waals surface area contributed by atoms with E-state index in [1.54, 1.807) is 0 Å². The van der Waals surface area contributed by atoms with E-state index in [0.717, 1.165) is 12.1 Å². The molecule has 2 aromatic rings. The van der Waals surface area contributed by atoms with Crippen molar-refractivity contribution < 1.29 is 9.18 Å². The van der Waals surface area contributed by atoms with Gasteiger partial charge in [-0.25, -0.2) is 18.5 Å². The number of primary amides is 1. The summed E-state index contributed by atoms with van der Waals surface area (Å²) in [6, 6.07) is 2.03. The Labute approximate surface area is 87.1 Å². The highest BCUT2D eigenvalue weighted by atomic mass is 19.1.